The third-order valence-corrected chi connectivity index (χ3v) is 2.07. The molecule has 0 spiro atoms. The summed E-state index contributed by atoms with van der Waals surface area (Å²) >= 11 is 0. The zero-order valence-corrected chi connectivity index (χ0v) is 9.87. The molecule has 1 aromatic rings. The van der Waals surface area contributed by atoms with E-state index in [1.165, 1.54) is 6.26 Å². The molecule has 1 rings (SSSR count). The van der Waals surface area contributed by atoms with Crippen molar-refractivity contribution < 1.29 is 13.9 Å². The summed E-state index contributed by atoms with van der Waals surface area (Å²) < 4.78 is 10.1. The summed E-state index contributed by atoms with van der Waals surface area (Å²) in [6, 6.07) is 1.64. The smallest absolute Gasteiger partial charge is 0.255 e. The van der Waals surface area contributed by atoms with E-state index in [-0.39, 0.29) is 12.5 Å². The first-order valence-corrected chi connectivity index (χ1v) is 5.07. The lowest BCUT2D eigenvalue weighted by Gasteiger charge is -2.24. The van der Waals surface area contributed by atoms with Gasteiger partial charge in [-0.3, -0.25) is 4.79 Å². The van der Waals surface area contributed by atoms with E-state index in [0.29, 0.717) is 17.9 Å². The molecule has 1 heterocycles. The highest BCUT2D eigenvalue weighted by molar-refractivity contribution is 5.94. The second kappa shape index (κ2) is 5.14. The summed E-state index contributed by atoms with van der Waals surface area (Å²) in [6.07, 6.45) is 1.40. The highest BCUT2D eigenvalue weighted by Crippen LogP contribution is 2.09. The molecule has 0 aliphatic carbocycles. The van der Waals surface area contributed by atoms with Crippen LogP contribution in [0.15, 0.2) is 16.7 Å². The number of nitrogens with one attached hydrogen (secondary N) is 1. The van der Waals surface area contributed by atoms with Gasteiger partial charge in [0, 0.05) is 7.11 Å². The molecule has 0 saturated carbocycles. The predicted molar refractivity (Wildman–Crippen MR) is 60.0 cm³/mol. The maximum absolute atomic E-state index is 11.8. The van der Waals surface area contributed by atoms with Gasteiger partial charge in [-0.05, 0) is 19.9 Å². The van der Waals surface area contributed by atoms with Crippen LogP contribution in [0.4, 0.5) is 0 Å². The zero-order valence-electron chi connectivity index (χ0n) is 9.87. The summed E-state index contributed by atoms with van der Waals surface area (Å²) in [4.78, 5) is 11.8. The SMILES string of the molecule is COCC(C)(C)NC(=O)c1coc(CN)c1. The molecule has 5 nitrogen and oxygen atoms in total. The quantitative estimate of drug-likeness (QED) is 0.781. The lowest BCUT2D eigenvalue weighted by atomic mass is 10.1. The topological polar surface area (TPSA) is 77.5 Å². The number of amides is 1. The molecule has 0 unspecified atom stereocenters. The molecule has 0 aromatic carbocycles. The van der Waals surface area contributed by atoms with Crippen LogP contribution in [-0.4, -0.2) is 25.2 Å². The largest absolute Gasteiger partial charge is 0.467 e. The summed E-state index contributed by atoms with van der Waals surface area (Å²) in [6.45, 7) is 4.51. The molecule has 90 valence electrons. The molecule has 1 amide bonds. The van der Waals surface area contributed by atoms with Gasteiger partial charge < -0.3 is 20.2 Å². The molecule has 0 bridgehead atoms. The van der Waals surface area contributed by atoms with E-state index in [9.17, 15) is 4.79 Å². The molecule has 0 aliphatic rings. The number of rotatable bonds is 5. The third-order valence-electron chi connectivity index (χ3n) is 2.07. The summed E-state index contributed by atoms with van der Waals surface area (Å²) in [5.41, 5.74) is 5.46. The van der Waals surface area contributed by atoms with Crippen molar-refractivity contribution in [3.63, 3.8) is 0 Å². The monoisotopic (exact) mass is 226 g/mol. The Kier molecular flexibility index (Phi) is 4.09. The molecule has 0 saturated heterocycles. The second-order valence-corrected chi connectivity index (χ2v) is 4.28. The van der Waals surface area contributed by atoms with Crippen LogP contribution >= 0.6 is 0 Å². The van der Waals surface area contributed by atoms with Gasteiger partial charge in [-0.1, -0.05) is 0 Å². The van der Waals surface area contributed by atoms with Gasteiger partial charge in [-0.25, -0.2) is 0 Å². The van der Waals surface area contributed by atoms with Crippen molar-refractivity contribution in [3.8, 4) is 0 Å². The molecule has 5 heteroatoms. The standard InChI is InChI=1S/C11H18N2O3/c1-11(2,7-15-3)13-10(14)8-4-9(5-12)16-6-8/h4,6H,5,7,12H2,1-3H3,(H,13,14). The van der Waals surface area contributed by atoms with E-state index in [0.717, 1.165) is 0 Å². The van der Waals surface area contributed by atoms with Crippen molar-refractivity contribution >= 4 is 5.91 Å². The van der Waals surface area contributed by atoms with Gasteiger partial charge in [-0.2, -0.15) is 0 Å². The molecule has 0 atom stereocenters. The highest BCUT2D eigenvalue weighted by atomic mass is 16.5. The molecular formula is C11H18N2O3. The Morgan fingerprint density at radius 1 is 1.62 bits per heavy atom. The van der Waals surface area contributed by atoms with Crippen molar-refractivity contribution in [3.05, 3.63) is 23.7 Å². The first kappa shape index (κ1) is 12.7. The Bertz CT molecular complexity index is 358. The molecule has 0 radical (unpaired) electrons. The number of nitrogens with two attached hydrogens (primary N) is 1. The Morgan fingerprint density at radius 2 is 2.31 bits per heavy atom. The Hall–Kier alpha value is -1.33. The fraction of sp³-hybridized carbons (Fsp3) is 0.545. The lowest BCUT2D eigenvalue weighted by Crippen LogP contribution is -2.46. The van der Waals surface area contributed by atoms with E-state index >= 15 is 0 Å². The van der Waals surface area contributed by atoms with Gasteiger partial charge in [0.15, 0.2) is 0 Å². The third kappa shape index (κ3) is 3.36. The van der Waals surface area contributed by atoms with Crippen LogP contribution in [0.25, 0.3) is 0 Å². The Morgan fingerprint density at radius 3 is 2.81 bits per heavy atom. The average molecular weight is 226 g/mol. The van der Waals surface area contributed by atoms with Crippen LogP contribution in [0.1, 0.15) is 30.0 Å². The van der Waals surface area contributed by atoms with Gasteiger partial charge >= 0.3 is 0 Å². The van der Waals surface area contributed by atoms with Crippen molar-refractivity contribution in [1.29, 1.82) is 0 Å². The number of ether oxygens (including phenoxy) is 1. The van der Waals surface area contributed by atoms with Gasteiger partial charge in [0.2, 0.25) is 0 Å². The number of carbonyl (C=O) groups excluding carboxylic acids is 1. The van der Waals surface area contributed by atoms with Gasteiger partial charge in [0.25, 0.3) is 5.91 Å². The van der Waals surface area contributed by atoms with Crippen molar-refractivity contribution in [2.24, 2.45) is 5.73 Å². The molecule has 0 aliphatic heterocycles. The molecule has 16 heavy (non-hydrogen) atoms. The predicted octanol–water partition coefficient (Wildman–Crippen LogP) is 0.893. The van der Waals surface area contributed by atoms with Gasteiger partial charge in [-0.15, -0.1) is 0 Å². The summed E-state index contributed by atoms with van der Waals surface area (Å²) in [7, 11) is 1.60. The number of hydrogen-bond acceptors (Lipinski definition) is 4. The number of hydrogen-bond donors (Lipinski definition) is 2. The number of furan rings is 1. The van der Waals surface area contributed by atoms with E-state index < -0.39 is 5.54 Å². The summed E-state index contributed by atoms with van der Waals surface area (Å²) in [5.74, 6) is 0.403. The van der Waals surface area contributed by atoms with Crippen molar-refractivity contribution in [1.82, 2.24) is 5.32 Å². The van der Waals surface area contributed by atoms with Crippen LogP contribution in [0.5, 0.6) is 0 Å². The van der Waals surface area contributed by atoms with E-state index in [4.69, 9.17) is 14.9 Å². The minimum absolute atomic E-state index is 0.189. The normalized spacial score (nSPS) is 11.5. The molecule has 3 N–H and O–H groups in total. The fourth-order valence-electron chi connectivity index (χ4n) is 1.38. The van der Waals surface area contributed by atoms with Crippen LogP contribution in [0, 0.1) is 0 Å². The molecule has 1 aromatic heterocycles. The maximum atomic E-state index is 11.8. The maximum Gasteiger partial charge on any atom is 0.255 e. The van der Waals surface area contributed by atoms with Crippen molar-refractivity contribution in [2.75, 3.05) is 13.7 Å². The highest BCUT2D eigenvalue weighted by Gasteiger charge is 2.21. The lowest BCUT2D eigenvalue weighted by molar-refractivity contribution is 0.0819. The minimum atomic E-state index is -0.411. The van der Waals surface area contributed by atoms with Gasteiger partial charge in [0.05, 0.1) is 24.3 Å². The Balaban J connectivity index is 2.65. The van der Waals surface area contributed by atoms with Crippen LogP contribution < -0.4 is 11.1 Å². The van der Waals surface area contributed by atoms with Crippen molar-refractivity contribution in [2.45, 2.75) is 25.9 Å². The van der Waals surface area contributed by atoms with Crippen LogP contribution in [-0.2, 0) is 11.3 Å². The van der Waals surface area contributed by atoms with Crippen LogP contribution in [0.3, 0.4) is 0 Å². The van der Waals surface area contributed by atoms with Crippen LogP contribution in [0.2, 0.25) is 0 Å². The van der Waals surface area contributed by atoms with E-state index in [1.807, 2.05) is 13.8 Å². The van der Waals surface area contributed by atoms with Gasteiger partial charge in [0.1, 0.15) is 12.0 Å². The number of methoxy groups -OCH3 is 1. The summed E-state index contributed by atoms with van der Waals surface area (Å²) in [5, 5.41) is 2.85. The first-order chi connectivity index (χ1) is 7.48. The fourth-order valence-corrected chi connectivity index (χ4v) is 1.38. The number of carbonyl (C=O) groups is 1. The van der Waals surface area contributed by atoms with E-state index in [1.54, 1.807) is 13.2 Å². The molecule has 0 fully saturated rings. The molecular weight excluding hydrogens is 208 g/mol. The second-order valence-electron chi connectivity index (χ2n) is 4.28. The Labute approximate surface area is 94.9 Å². The average Bonchev–Trinajstić information content (AvgIpc) is 2.64. The first-order valence-electron chi connectivity index (χ1n) is 5.07. The van der Waals surface area contributed by atoms with E-state index in [2.05, 4.69) is 5.32 Å². The minimum Gasteiger partial charge on any atom is -0.467 e. The zero-order chi connectivity index (χ0) is 12.2.